The molecule has 1 heterocycles. The molecule has 3 rings (SSSR count). The molecule has 28 heavy (non-hydrogen) atoms. The molecular formula is C22H24N2O4. The van der Waals surface area contributed by atoms with Crippen LogP contribution in [0, 0.1) is 6.92 Å². The van der Waals surface area contributed by atoms with E-state index in [9.17, 15) is 14.4 Å². The lowest BCUT2D eigenvalue weighted by Gasteiger charge is -2.18. The fourth-order valence-corrected chi connectivity index (χ4v) is 2.99. The van der Waals surface area contributed by atoms with Gasteiger partial charge in [-0.3, -0.25) is 19.3 Å². The van der Waals surface area contributed by atoms with E-state index in [4.69, 9.17) is 4.74 Å². The van der Waals surface area contributed by atoms with Crippen LogP contribution in [0.15, 0.2) is 48.5 Å². The van der Waals surface area contributed by atoms with Gasteiger partial charge in [-0.15, -0.1) is 0 Å². The van der Waals surface area contributed by atoms with E-state index in [-0.39, 0.29) is 37.1 Å². The van der Waals surface area contributed by atoms with Gasteiger partial charge in [0.25, 0.3) is 5.91 Å². The summed E-state index contributed by atoms with van der Waals surface area (Å²) in [6.45, 7) is 3.14. The van der Waals surface area contributed by atoms with E-state index >= 15 is 0 Å². The van der Waals surface area contributed by atoms with E-state index in [1.54, 1.807) is 36.2 Å². The highest BCUT2D eigenvalue weighted by molar-refractivity contribution is 6.01. The molecule has 1 fully saturated rings. The van der Waals surface area contributed by atoms with Gasteiger partial charge in [0.1, 0.15) is 12.4 Å². The van der Waals surface area contributed by atoms with Crippen molar-refractivity contribution in [3.05, 3.63) is 65.2 Å². The zero-order valence-corrected chi connectivity index (χ0v) is 16.2. The molecule has 0 aliphatic carbocycles. The first-order chi connectivity index (χ1) is 13.4. The Morgan fingerprint density at radius 2 is 1.61 bits per heavy atom. The van der Waals surface area contributed by atoms with Gasteiger partial charge in [-0.25, -0.2) is 0 Å². The summed E-state index contributed by atoms with van der Waals surface area (Å²) in [5.74, 6) is 0.395. The van der Waals surface area contributed by atoms with Crippen LogP contribution in [-0.4, -0.2) is 47.7 Å². The summed E-state index contributed by atoms with van der Waals surface area (Å²) >= 11 is 0. The van der Waals surface area contributed by atoms with Gasteiger partial charge in [-0.2, -0.15) is 0 Å². The minimum atomic E-state index is -0.140. The first-order valence-electron chi connectivity index (χ1n) is 9.31. The number of likely N-dealkylation sites (N-methyl/N-ethyl adjacent to an activating group) is 1. The van der Waals surface area contributed by atoms with E-state index in [1.165, 1.54) is 10.5 Å². The minimum Gasteiger partial charge on any atom is -0.492 e. The number of aryl methyl sites for hydroxylation is 1. The first kappa shape index (κ1) is 19.6. The van der Waals surface area contributed by atoms with Gasteiger partial charge in [0.05, 0.1) is 13.1 Å². The summed E-state index contributed by atoms with van der Waals surface area (Å²) in [4.78, 5) is 38.8. The SMILES string of the molecule is Cc1ccc(OCCN(C)C(=O)c2ccc(CN3C(=O)CCC3=O)cc2)cc1. The Kier molecular flexibility index (Phi) is 6.09. The van der Waals surface area contributed by atoms with Crippen LogP contribution in [0.1, 0.15) is 34.3 Å². The molecule has 2 aromatic carbocycles. The smallest absolute Gasteiger partial charge is 0.253 e. The second kappa shape index (κ2) is 8.69. The molecule has 0 aromatic heterocycles. The van der Waals surface area contributed by atoms with Crippen molar-refractivity contribution >= 4 is 17.7 Å². The largest absolute Gasteiger partial charge is 0.492 e. The van der Waals surface area contributed by atoms with Crippen LogP contribution >= 0.6 is 0 Å². The lowest BCUT2D eigenvalue weighted by Crippen LogP contribution is -2.31. The third-order valence-corrected chi connectivity index (χ3v) is 4.76. The number of nitrogens with zero attached hydrogens (tertiary/aromatic N) is 2. The van der Waals surface area contributed by atoms with Gasteiger partial charge in [0.2, 0.25) is 11.8 Å². The summed E-state index contributed by atoms with van der Waals surface area (Å²) in [6.07, 6.45) is 0.565. The fourth-order valence-electron chi connectivity index (χ4n) is 2.99. The Bertz CT molecular complexity index is 843. The Balaban J connectivity index is 1.51. The van der Waals surface area contributed by atoms with Gasteiger partial charge < -0.3 is 9.64 Å². The quantitative estimate of drug-likeness (QED) is 0.693. The topological polar surface area (TPSA) is 66.9 Å². The van der Waals surface area contributed by atoms with Crippen LogP contribution < -0.4 is 4.74 Å². The Hall–Kier alpha value is -3.15. The molecule has 3 amide bonds. The van der Waals surface area contributed by atoms with Crippen molar-refractivity contribution in [1.29, 1.82) is 0 Å². The van der Waals surface area contributed by atoms with Gasteiger partial charge in [0.15, 0.2) is 0 Å². The van der Waals surface area contributed by atoms with Crippen molar-refractivity contribution in [3.63, 3.8) is 0 Å². The van der Waals surface area contributed by atoms with Crippen LogP contribution in [0.2, 0.25) is 0 Å². The molecular weight excluding hydrogens is 356 g/mol. The number of benzene rings is 2. The maximum Gasteiger partial charge on any atom is 0.253 e. The lowest BCUT2D eigenvalue weighted by atomic mass is 10.1. The zero-order chi connectivity index (χ0) is 20.1. The number of amides is 3. The van der Waals surface area contributed by atoms with Crippen LogP contribution in [0.25, 0.3) is 0 Å². The Labute approximate surface area is 164 Å². The van der Waals surface area contributed by atoms with Crippen molar-refractivity contribution in [2.75, 3.05) is 20.2 Å². The van der Waals surface area contributed by atoms with Crippen LogP contribution in [0.5, 0.6) is 5.75 Å². The molecule has 0 spiro atoms. The molecule has 0 saturated carbocycles. The van der Waals surface area contributed by atoms with Crippen LogP contribution in [0.4, 0.5) is 0 Å². The predicted molar refractivity (Wildman–Crippen MR) is 105 cm³/mol. The van der Waals surface area contributed by atoms with Gasteiger partial charge in [-0.05, 0) is 36.8 Å². The van der Waals surface area contributed by atoms with Crippen LogP contribution in [-0.2, 0) is 16.1 Å². The fraction of sp³-hybridized carbons (Fsp3) is 0.318. The summed E-state index contributed by atoms with van der Waals surface area (Å²) in [5, 5.41) is 0. The highest BCUT2D eigenvalue weighted by Gasteiger charge is 2.28. The highest BCUT2D eigenvalue weighted by Crippen LogP contribution is 2.17. The monoisotopic (exact) mass is 380 g/mol. The van der Waals surface area contributed by atoms with Crippen molar-refractivity contribution in [2.24, 2.45) is 0 Å². The maximum atomic E-state index is 12.5. The molecule has 1 aliphatic rings. The van der Waals surface area contributed by atoms with E-state index in [0.29, 0.717) is 18.7 Å². The van der Waals surface area contributed by atoms with Gasteiger partial charge >= 0.3 is 0 Å². The summed E-state index contributed by atoms with van der Waals surface area (Å²) in [6, 6.07) is 14.8. The van der Waals surface area contributed by atoms with E-state index in [0.717, 1.165) is 11.3 Å². The first-order valence-corrected chi connectivity index (χ1v) is 9.31. The van der Waals surface area contributed by atoms with E-state index in [2.05, 4.69) is 0 Å². The molecule has 0 bridgehead atoms. The standard InChI is InChI=1S/C22H24N2O4/c1-16-3-9-19(10-4-16)28-14-13-23(2)22(27)18-7-5-17(6-8-18)15-24-20(25)11-12-21(24)26/h3-10H,11-15H2,1-2H3. The zero-order valence-electron chi connectivity index (χ0n) is 16.2. The third kappa shape index (κ3) is 4.76. The molecule has 146 valence electrons. The van der Waals surface area contributed by atoms with Crippen molar-refractivity contribution in [1.82, 2.24) is 9.80 Å². The lowest BCUT2D eigenvalue weighted by molar-refractivity contribution is -0.139. The number of carbonyl (C=O) groups is 3. The van der Waals surface area contributed by atoms with Crippen molar-refractivity contribution < 1.29 is 19.1 Å². The number of imide groups is 1. The summed E-state index contributed by atoms with van der Waals surface area (Å²) in [5.41, 5.74) is 2.55. The average Bonchev–Trinajstić information content (AvgIpc) is 3.01. The van der Waals surface area contributed by atoms with E-state index < -0.39 is 0 Å². The molecule has 6 nitrogen and oxygen atoms in total. The van der Waals surface area contributed by atoms with E-state index in [1.807, 2.05) is 31.2 Å². The summed E-state index contributed by atoms with van der Waals surface area (Å²) < 4.78 is 5.67. The number of hydrogen-bond acceptors (Lipinski definition) is 4. The second-order valence-electron chi connectivity index (χ2n) is 6.96. The van der Waals surface area contributed by atoms with Crippen LogP contribution in [0.3, 0.4) is 0 Å². The maximum absolute atomic E-state index is 12.5. The molecule has 0 N–H and O–H groups in total. The third-order valence-electron chi connectivity index (χ3n) is 4.76. The molecule has 0 radical (unpaired) electrons. The molecule has 6 heteroatoms. The number of likely N-dealkylation sites (tertiary alicyclic amines) is 1. The normalized spacial score (nSPS) is 13.7. The number of rotatable bonds is 7. The summed E-state index contributed by atoms with van der Waals surface area (Å²) in [7, 11) is 1.73. The highest BCUT2D eigenvalue weighted by atomic mass is 16.5. The molecule has 1 saturated heterocycles. The number of hydrogen-bond donors (Lipinski definition) is 0. The molecule has 0 unspecified atom stereocenters. The Morgan fingerprint density at radius 3 is 2.21 bits per heavy atom. The van der Waals surface area contributed by atoms with Crippen molar-refractivity contribution in [2.45, 2.75) is 26.3 Å². The molecule has 0 atom stereocenters. The number of carbonyl (C=O) groups excluding carboxylic acids is 3. The minimum absolute atomic E-state index is 0.104. The number of ether oxygens (including phenoxy) is 1. The average molecular weight is 380 g/mol. The van der Waals surface area contributed by atoms with Gasteiger partial charge in [0, 0.05) is 25.5 Å². The molecule has 2 aromatic rings. The Morgan fingerprint density at radius 1 is 1.00 bits per heavy atom. The molecule has 1 aliphatic heterocycles. The second-order valence-corrected chi connectivity index (χ2v) is 6.96. The van der Waals surface area contributed by atoms with Gasteiger partial charge in [-0.1, -0.05) is 29.8 Å². The van der Waals surface area contributed by atoms with Crippen molar-refractivity contribution in [3.8, 4) is 5.75 Å². The predicted octanol–water partition coefficient (Wildman–Crippen LogP) is 2.80.